The average Bonchev–Trinajstić information content (AvgIpc) is 3.56. The predicted octanol–water partition coefficient (Wildman–Crippen LogP) is 3.52. The number of carbonyl (C=O) groups is 3. The number of benzene rings is 2. The number of aromatic nitrogens is 2. The lowest BCUT2D eigenvalue weighted by atomic mass is 10.1. The van der Waals surface area contributed by atoms with Crippen molar-refractivity contribution in [2.45, 2.75) is 24.1 Å². The molecule has 1 unspecified atom stereocenters. The smallest absolute Gasteiger partial charge is 0.237 e. The van der Waals surface area contributed by atoms with Gasteiger partial charge in [-0.1, -0.05) is 59.0 Å². The standard InChI is InChI=1S/C24H23N5O3S2/c1-15-6-8-18(9-7-15)29-13-17(12-20(29)30)22(32)25-23-26-27-24(34-23)33-14-21(31)28-11-10-16-4-2-3-5-19(16)28/h2-9,17H,10-14H2,1H3,(H,25,26,32). The van der Waals surface area contributed by atoms with E-state index >= 15 is 0 Å². The van der Waals surface area contributed by atoms with Crippen LogP contribution in [0.3, 0.4) is 0 Å². The van der Waals surface area contributed by atoms with Crippen molar-refractivity contribution in [3.8, 4) is 0 Å². The first-order valence-corrected chi connectivity index (χ1v) is 12.8. The van der Waals surface area contributed by atoms with Crippen molar-refractivity contribution in [2.75, 3.05) is 34.0 Å². The summed E-state index contributed by atoms with van der Waals surface area (Å²) < 4.78 is 0.611. The lowest BCUT2D eigenvalue weighted by Gasteiger charge is -2.16. The molecule has 3 heterocycles. The van der Waals surface area contributed by atoms with Gasteiger partial charge in [0.25, 0.3) is 0 Å². The first-order chi connectivity index (χ1) is 16.5. The van der Waals surface area contributed by atoms with Gasteiger partial charge in [0.15, 0.2) is 4.34 Å². The Hall–Kier alpha value is -3.24. The molecule has 2 aromatic carbocycles. The van der Waals surface area contributed by atoms with Crippen LogP contribution in [0, 0.1) is 12.8 Å². The summed E-state index contributed by atoms with van der Waals surface area (Å²) in [6.07, 6.45) is 1.03. The zero-order chi connectivity index (χ0) is 23.7. The summed E-state index contributed by atoms with van der Waals surface area (Å²) in [5, 5.41) is 11.3. The van der Waals surface area contributed by atoms with Crippen LogP contribution in [-0.2, 0) is 20.8 Å². The molecular weight excluding hydrogens is 470 g/mol. The summed E-state index contributed by atoms with van der Waals surface area (Å²) in [7, 11) is 0. The number of para-hydroxylation sites is 1. The van der Waals surface area contributed by atoms with E-state index in [1.165, 1.54) is 28.7 Å². The highest BCUT2D eigenvalue weighted by Gasteiger charge is 2.35. The molecule has 10 heteroatoms. The van der Waals surface area contributed by atoms with Gasteiger partial charge in [0.1, 0.15) is 0 Å². The Morgan fingerprint density at radius 3 is 2.76 bits per heavy atom. The minimum absolute atomic E-state index is 0.0244. The maximum Gasteiger partial charge on any atom is 0.237 e. The van der Waals surface area contributed by atoms with Crippen molar-refractivity contribution in [1.82, 2.24) is 10.2 Å². The molecule has 1 aromatic heterocycles. The summed E-state index contributed by atoms with van der Waals surface area (Å²) >= 11 is 2.54. The van der Waals surface area contributed by atoms with E-state index in [1.807, 2.05) is 60.4 Å². The quantitative estimate of drug-likeness (QED) is 0.417. The Morgan fingerprint density at radius 2 is 1.94 bits per heavy atom. The van der Waals surface area contributed by atoms with Gasteiger partial charge >= 0.3 is 0 Å². The lowest BCUT2D eigenvalue weighted by Crippen LogP contribution is -2.30. The van der Waals surface area contributed by atoms with Gasteiger partial charge in [-0.25, -0.2) is 0 Å². The van der Waals surface area contributed by atoms with Crippen molar-refractivity contribution in [3.63, 3.8) is 0 Å². The topological polar surface area (TPSA) is 95.5 Å². The van der Waals surface area contributed by atoms with Crippen molar-refractivity contribution in [3.05, 3.63) is 59.7 Å². The highest BCUT2D eigenvalue weighted by Crippen LogP contribution is 2.31. The molecule has 174 valence electrons. The molecule has 0 aliphatic carbocycles. The highest BCUT2D eigenvalue weighted by atomic mass is 32.2. The Labute approximate surface area is 205 Å². The van der Waals surface area contributed by atoms with E-state index in [0.29, 0.717) is 22.6 Å². The third kappa shape index (κ3) is 4.69. The molecule has 1 saturated heterocycles. The molecule has 1 N–H and O–H groups in total. The Morgan fingerprint density at radius 1 is 1.15 bits per heavy atom. The second-order valence-electron chi connectivity index (χ2n) is 8.32. The minimum atomic E-state index is -0.453. The Kier molecular flexibility index (Phi) is 6.34. The fraction of sp³-hybridized carbons (Fsp3) is 0.292. The summed E-state index contributed by atoms with van der Waals surface area (Å²) in [5.41, 5.74) is 4.07. The van der Waals surface area contributed by atoms with Gasteiger partial charge in [0.05, 0.1) is 11.7 Å². The molecule has 5 rings (SSSR count). The summed E-state index contributed by atoms with van der Waals surface area (Å²) in [6, 6.07) is 15.6. The number of aryl methyl sites for hydroxylation is 1. The molecule has 1 fully saturated rings. The number of nitrogens with zero attached hydrogens (tertiary/aromatic N) is 4. The fourth-order valence-corrected chi connectivity index (χ4v) is 5.81. The maximum absolute atomic E-state index is 12.7. The number of rotatable bonds is 6. The van der Waals surface area contributed by atoms with Crippen molar-refractivity contribution in [2.24, 2.45) is 5.92 Å². The first-order valence-electron chi connectivity index (χ1n) is 11.0. The van der Waals surface area contributed by atoms with Crippen molar-refractivity contribution in [1.29, 1.82) is 0 Å². The van der Waals surface area contributed by atoms with Gasteiger partial charge in [-0.3, -0.25) is 14.4 Å². The van der Waals surface area contributed by atoms with E-state index in [1.54, 1.807) is 4.90 Å². The van der Waals surface area contributed by atoms with Crippen LogP contribution >= 0.6 is 23.1 Å². The second-order valence-corrected chi connectivity index (χ2v) is 10.5. The monoisotopic (exact) mass is 493 g/mol. The lowest BCUT2D eigenvalue weighted by molar-refractivity contribution is -0.122. The molecule has 3 aromatic rings. The zero-order valence-electron chi connectivity index (χ0n) is 18.6. The number of carbonyl (C=O) groups excluding carboxylic acids is 3. The molecular formula is C24H23N5O3S2. The Bertz CT molecular complexity index is 1240. The second kappa shape index (κ2) is 9.55. The van der Waals surface area contributed by atoms with Gasteiger partial charge < -0.3 is 15.1 Å². The summed E-state index contributed by atoms with van der Waals surface area (Å²) in [4.78, 5) is 41.3. The SMILES string of the molecule is Cc1ccc(N2CC(C(=O)Nc3nnc(SCC(=O)N4CCc5ccccc54)s3)CC2=O)cc1. The number of hydrogen-bond acceptors (Lipinski definition) is 7. The van der Waals surface area contributed by atoms with Gasteiger partial charge in [-0.15, -0.1) is 10.2 Å². The number of hydrogen-bond donors (Lipinski definition) is 1. The third-order valence-electron chi connectivity index (χ3n) is 5.99. The van der Waals surface area contributed by atoms with Gasteiger partial charge in [-0.2, -0.15) is 0 Å². The van der Waals surface area contributed by atoms with Crippen LogP contribution in [0.1, 0.15) is 17.5 Å². The molecule has 2 aliphatic rings. The van der Waals surface area contributed by atoms with Crippen LogP contribution in [0.4, 0.5) is 16.5 Å². The normalized spacial score (nSPS) is 17.2. The van der Waals surface area contributed by atoms with E-state index in [2.05, 4.69) is 15.5 Å². The average molecular weight is 494 g/mol. The van der Waals surface area contributed by atoms with E-state index in [0.717, 1.165) is 23.4 Å². The number of nitrogens with one attached hydrogen (secondary N) is 1. The molecule has 0 spiro atoms. The first kappa shape index (κ1) is 22.5. The molecule has 0 bridgehead atoms. The van der Waals surface area contributed by atoms with Crippen LogP contribution in [0.25, 0.3) is 0 Å². The minimum Gasteiger partial charge on any atom is -0.312 e. The number of thioether (sulfide) groups is 1. The number of amides is 3. The number of anilines is 3. The van der Waals surface area contributed by atoms with Crippen LogP contribution in [0.15, 0.2) is 52.9 Å². The van der Waals surface area contributed by atoms with E-state index in [9.17, 15) is 14.4 Å². The van der Waals surface area contributed by atoms with Crippen molar-refractivity contribution < 1.29 is 14.4 Å². The highest BCUT2D eigenvalue weighted by molar-refractivity contribution is 8.01. The van der Waals surface area contributed by atoms with Gasteiger partial charge in [-0.05, 0) is 37.1 Å². The molecule has 0 radical (unpaired) electrons. The molecule has 3 amide bonds. The van der Waals surface area contributed by atoms with E-state index in [4.69, 9.17) is 0 Å². The maximum atomic E-state index is 12.7. The molecule has 34 heavy (non-hydrogen) atoms. The molecule has 8 nitrogen and oxygen atoms in total. The molecule has 1 atom stereocenters. The largest absolute Gasteiger partial charge is 0.312 e. The summed E-state index contributed by atoms with van der Waals surface area (Å²) in [6.45, 7) is 3.01. The van der Waals surface area contributed by atoms with Gasteiger partial charge in [0.2, 0.25) is 22.9 Å². The van der Waals surface area contributed by atoms with E-state index < -0.39 is 5.92 Å². The fourth-order valence-electron chi connectivity index (χ4n) is 4.18. The van der Waals surface area contributed by atoms with Crippen molar-refractivity contribution >= 4 is 57.3 Å². The summed E-state index contributed by atoms with van der Waals surface area (Å²) in [5.74, 6) is -0.499. The van der Waals surface area contributed by atoms with Crippen LogP contribution < -0.4 is 15.1 Å². The van der Waals surface area contributed by atoms with Crippen LogP contribution in [0.5, 0.6) is 0 Å². The molecule has 0 saturated carbocycles. The Balaban J connectivity index is 1.14. The van der Waals surface area contributed by atoms with Crippen LogP contribution in [-0.4, -0.2) is 46.8 Å². The van der Waals surface area contributed by atoms with E-state index in [-0.39, 0.29) is 29.9 Å². The van der Waals surface area contributed by atoms with Crippen LogP contribution in [0.2, 0.25) is 0 Å². The predicted molar refractivity (Wildman–Crippen MR) is 133 cm³/mol. The molecule has 2 aliphatic heterocycles. The third-order valence-corrected chi connectivity index (χ3v) is 7.94. The van der Waals surface area contributed by atoms with Gasteiger partial charge in [0, 0.05) is 30.9 Å². The number of fused-ring (bicyclic) bond motifs is 1. The zero-order valence-corrected chi connectivity index (χ0v) is 20.2.